The predicted molar refractivity (Wildman–Crippen MR) is 132 cm³/mol. The molecule has 0 saturated carbocycles. The Labute approximate surface area is 202 Å². The summed E-state index contributed by atoms with van der Waals surface area (Å²) >= 11 is 0. The molecule has 5 rings (SSSR count). The minimum Gasteiger partial charge on any atom is -0.486 e. The lowest BCUT2D eigenvalue weighted by molar-refractivity contribution is 0.102. The van der Waals surface area contributed by atoms with E-state index < -0.39 is 10.0 Å². The molecule has 0 bridgehead atoms. The fraction of sp³-hybridized carbons (Fsp3) is 0.0769. The number of pyridine rings is 1. The number of sulfonamides is 1. The van der Waals surface area contributed by atoms with E-state index >= 15 is 0 Å². The van der Waals surface area contributed by atoms with Gasteiger partial charge in [0.2, 0.25) is 0 Å². The molecule has 0 fully saturated rings. The van der Waals surface area contributed by atoms with Crippen LogP contribution >= 0.6 is 0 Å². The van der Waals surface area contributed by atoms with Crippen LogP contribution in [0.4, 0.5) is 11.5 Å². The van der Waals surface area contributed by atoms with Crippen molar-refractivity contribution in [1.82, 2.24) is 4.98 Å². The molecule has 0 atom stereocenters. The molecule has 0 aliphatic carbocycles. The minimum atomic E-state index is -3.85. The number of aromatic nitrogens is 1. The lowest BCUT2D eigenvalue weighted by Gasteiger charge is -2.19. The van der Waals surface area contributed by atoms with Crippen LogP contribution in [0.2, 0.25) is 0 Å². The van der Waals surface area contributed by atoms with Gasteiger partial charge in [0, 0.05) is 29.1 Å². The summed E-state index contributed by atoms with van der Waals surface area (Å²) in [6, 6.07) is 24.0. The average molecular weight is 488 g/mol. The molecule has 4 aromatic rings. The topological polar surface area (TPSA) is 107 Å². The standard InChI is InChI=1S/C26H21N3O5S/c30-26(28-25-13-8-20(17-27-25)18-4-2-1-3-5-18)19-6-9-21(10-7-19)29-35(31,32)22-11-12-23-24(16-22)34-15-14-33-23/h1-13,16-17,29H,14-15H2,(H,27,28,30). The van der Waals surface area contributed by atoms with Gasteiger partial charge >= 0.3 is 0 Å². The Bertz CT molecular complexity index is 1460. The second-order valence-electron chi connectivity index (χ2n) is 7.74. The van der Waals surface area contributed by atoms with Crippen molar-refractivity contribution in [2.45, 2.75) is 4.90 Å². The quantitative estimate of drug-likeness (QED) is 0.413. The number of amides is 1. The summed E-state index contributed by atoms with van der Waals surface area (Å²) in [5.41, 5.74) is 2.66. The smallest absolute Gasteiger partial charge is 0.262 e. The summed E-state index contributed by atoms with van der Waals surface area (Å²) in [5.74, 6) is 0.954. The lowest BCUT2D eigenvalue weighted by Crippen LogP contribution is -2.17. The Balaban J connectivity index is 1.24. The van der Waals surface area contributed by atoms with Crippen molar-refractivity contribution in [3.8, 4) is 22.6 Å². The highest BCUT2D eigenvalue weighted by Gasteiger charge is 2.19. The van der Waals surface area contributed by atoms with Crippen molar-refractivity contribution in [3.05, 3.63) is 96.7 Å². The molecular formula is C26H21N3O5S. The van der Waals surface area contributed by atoms with E-state index in [1.807, 2.05) is 36.4 Å². The van der Waals surface area contributed by atoms with Crippen molar-refractivity contribution in [2.75, 3.05) is 23.3 Å². The van der Waals surface area contributed by atoms with Crippen LogP contribution in [0, 0.1) is 0 Å². The van der Waals surface area contributed by atoms with Crippen LogP contribution < -0.4 is 19.5 Å². The molecule has 0 saturated heterocycles. The number of carbonyl (C=O) groups excluding carboxylic acids is 1. The molecule has 0 unspecified atom stereocenters. The Morgan fingerprint density at radius 3 is 2.26 bits per heavy atom. The Morgan fingerprint density at radius 1 is 0.800 bits per heavy atom. The van der Waals surface area contributed by atoms with Crippen LogP contribution in [0.15, 0.2) is 96.0 Å². The van der Waals surface area contributed by atoms with Gasteiger partial charge in [-0.15, -0.1) is 0 Å². The molecule has 9 heteroatoms. The third-order valence-corrected chi connectivity index (χ3v) is 6.71. The molecule has 1 aliphatic heterocycles. The Kier molecular flexibility index (Phi) is 6.07. The number of rotatable bonds is 6. The lowest BCUT2D eigenvalue weighted by atomic mass is 10.1. The van der Waals surface area contributed by atoms with Gasteiger partial charge in [-0.05, 0) is 54.1 Å². The fourth-order valence-corrected chi connectivity index (χ4v) is 4.63. The second-order valence-corrected chi connectivity index (χ2v) is 9.42. The first-order valence-electron chi connectivity index (χ1n) is 10.8. The average Bonchev–Trinajstić information content (AvgIpc) is 2.89. The fourth-order valence-electron chi connectivity index (χ4n) is 3.55. The van der Waals surface area contributed by atoms with E-state index in [2.05, 4.69) is 15.0 Å². The van der Waals surface area contributed by atoms with Crippen LogP contribution in [-0.4, -0.2) is 32.5 Å². The van der Waals surface area contributed by atoms with Gasteiger partial charge < -0.3 is 14.8 Å². The first-order chi connectivity index (χ1) is 17.0. The van der Waals surface area contributed by atoms with E-state index in [1.165, 1.54) is 36.4 Å². The van der Waals surface area contributed by atoms with E-state index in [-0.39, 0.29) is 10.8 Å². The van der Waals surface area contributed by atoms with Crippen LogP contribution in [0.25, 0.3) is 11.1 Å². The molecule has 3 aromatic carbocycles. The van der Waals surface area contributed by atoms with E-state index in [9.17, 15) is 13.2 Å². The van der Waals surface area contributed by atoms with Gasteiger partial charge in [0.1, 0.15) is 19.0 Å². The molecule has 1 amide bonds. The second kappa shape index (κ2) is 9.47. The van der Waals surface area contributed by atoms with E-state index in [0.29, 0.717) is 41.8 Å². The van der Waals surface area contributed by atoms with Crippen molar-refractivity contribution >= 4 is 27.4 Å². The van der Waals surface area contributed by atoms with E-state index in [0.717, 1.165) is 11.1 Å². The maximum Gasteiger partial charge on any atom is 0.262 e. The highest BCUT2D eigenvalue weighted by Crippen LogP contribution is 2.32. The highest BCUT2D eigenvalue weighted by atomic mass is 32.2. The summed E-state index contributed by atoms with van der Waals surface area (Å²) in [4.78, 5) is 17.0. The number of nitrogens with one attached hydrogen (secondary N) is 2. The summed E-state index contributed by atoms with van der Waals surface area (Å²) in [5, 5.41) is 2.74. The predicted octanol–water partition coefficient (Wildman–Crippen LogP) is 4.57. The molecule has 176 valence electrons. The van der Waals surface area contributed by atoms with Gasteiger partial charge in [-0.2, -0.15) is 0 Å². The van der Waals surface area contributed by atoms with Gasteiger partial charge in [-0.3, -0.25) is 9.52 Å². The van der Waals surface area contributed by atoms with Crippen molar-refractivity contribution in [1.29, 1.82) is 0 Å². The number of nitrogens with zero attached hydrogens (tertiary/aromatic N) is 1. The number of ether oxygens (including phenoxy) is 2. The van der Waals surface area contributed by atoms with Crippen molar-refractivity contribution in [2.24, 2.45) is 0 Å². The molecule has 1 aliphatic rings. The first-order valence-corrected chi connectivity index (χ1v) is 12.3. The summed E-state index contributed by atoms with van der Waals surface area (Å²) in [6.45, 7) is 0.784. The van der Waals surface area contributed by atoms with Crippen molar-refractivity contribution in [3.63, 3.8) is 0 Å². The molecule has 8 nitrogen and oxygen atoms in total. The van der Waals surface area contributed by atoms with Crippen molar-refractivity contribution < 1.29 is 22.7 Å². The van der Waals surface area contributed by atoms with Crippen LogP contribution in [0.3, 0.4) is 0 Å². The number of hydrogen-bond donors (Lipinski definition) is 2. The number of anilines is 2. The maximum absolute atomic E-state index is 12.8. The summed E-state index contributed by atoms with van der Waals surface area (Å²) < 4.78 is 39.0. The SMILES string of the molecule is O=C(Nc1ccc(-c2ccccc2)cn1)c1ccc(NS(=O)(=O)c2ccc3c(c2)OCCO3)cc1. The zero-order valence-corrected chi connectivity index (χ0v) is 19.3. The van der Waals surface area contributed by atoms with Crippen LogP contribution in [-0.2, 0) is 10.0 Å². The Morgan fingerprint density at radius 2 is 1.54 bits per heavy atom. The van der Waals surface area contributed by atoms with E-state index in [1.54, 1.807) is 18.3 Å². The molecule has 1 aromatic heterocycles. The number of fused-ring (bicyclic) bond motifs is 1. The third kappa shape index (κ3) is 5.10. The zero-order valence-electron chi connectivity index (χ0n) is 18.5. The third-order valence-electron chi connectivity index (χ3n) is 5.34. The summed E-state index contributed by atoms with van der Waals surface area (Å²) in [6.07, 6.45) is 1.70. The number of hydrogen-bond acceptors (Lipinski definition) is 6. The van der Waals surface area contributed by atoms with Gasteiger partial charge in [0.05, 0.1) is 4.90 Å². The molecule has 0 spiro atoms. The zero-order chi connectivity index (χ0) is 24.3. The molecule has 2 N–H and O–H groups in total. The van der Waals surface area contributed by atoms with Gasteiger partial charge in [0.15, 0.2) is 11.5 Å². The van der Waals surface area contributed by atoms with E-state index in [4.69, 9.17) is 9.47 Å². The number of benzene rings is 3. The molecule has 0 radical (unpaired) electrons. The largest absolute Gasteiger partial charge is 0.486 e. The van der Waals surface area contributed by atoms with Gasteiger partial charge in [0.25, 0.3) is 15.9 Å². The van der Waals surface area contributed by atoms with Crippen LogP contribution in [0.5, 0.6) is 11.5 Å². The number of carbonyl (C=O) groups is 1. The molecule has 35 heavy (non-hydrogen) atoms. The minimum absolute atomic E-state index is 0.0496. The Hall–Kier alpha value is -4.37. The van der Waals surface area contributed by atoms with Crippen LogP contribution in [0.1, 0.15) is 10.4 Å². The molecular weight excluding hydrogens is 466 g/mol. The first kappa shape index (κ1) is 22.4. The van der Waals surface area contributed by atoms with Gasteiger partial charge in [-0.1, -0.05) is 30.3 Å². The summed E-state index contributed by atoms with van der Waals surface area (Å²) in [7, 11) is -3.85. The maximum atomic E-state index is 12.8. The molecule has 2 heterocycles. The normalized spacial score (nSPS) is 12.6. The monoisotopic (exact) mass is 487 g/mol. The highest BCUT2D eigenvalue weighted by molar-refractivity contribution is 7.92. The van der Waals surface area contributed by atoms with Gasteiger partial charge in [-0.25, -0.2) is 13.4 Å².